The molecule has 1 atom stereocenters. The molecule has 1 unspecified atom stereocenters. The van der Waals surface area contributed by atoms with E-state index in [4.69, 9.17) is 4.74 Å². The monoisotopic (exact) mass is 248 g/mol. The van der Waals surface area contributed by atoms with Crippen LogP contribution in [-0.4, -0.2) is 13.1 Å². The lowest BCUT2D eigenvalue weighted by Gasteiger charge is -2.23. The largest absolute Gasteiger partial charge is 0.466 e. The van der Waals surface area contributed by atoms with Gasteiger partial charge in [0.15, 0.2) is 0 Å². The van der Waals surface area contributed by atoms with Gasteiger partial charge in [-0.25, -0.2) is 4.79 Å². The van der Waals surface area contributed by atoms with Crippen LogP contribution in [0.3, 0.4) is 0 Å². The summed E-state index contributed by atoms with van der Waals surface area (Å²) in [4.78, 5) is 11.5. The number of carbonyl (C=O) groups is 1. The van der Waals surface area contributed by atoms with Gasteiger partial charge in [-0.3, -0.25) is 0 Å². The van der Waals surface area contributed by atoms with Crippen molar-refractivity contribution in [1.82, 2.24) is 0 Å². The number of esters is 1. The second-order valence-electron chi connectivity index (χ2n) is 5.51. The van der Waals surface area contributed by atoms with E-state index in [1.807, 2.05) is 6.08 Å². The molecule has 0 aromatic carbocycles. The molecule has 18 heavy (non-hydrogen) atoms. The molecule has 2 nitrogen and oxygen atoms in total. The number of rotatable bonds is 4. The molecule has 0 saturated carbocycles. The first-order chi connectivity index (χ1) is 8.47. The molecule has 1 aliphatic rings. The molecule has 0 spiro atoms. The van der Waals surface area contributed by atoms with E-state index < -0.39 is 0 Å². The SMILES string of the molecule is COC(=O)C1=CCC(C)(CCC=C(C)C)C=CC1. The average molecular weight is 248 g/mol. The van der Waals surface area contributed by atoms with Gasteiger partial charge in [0, 0.05) is 5.57 Å². The van der Waals surface area contributed by atoms with Crippen LogP contribution in [0.1, 0.15) is 46.5 Å². The average Bonchev–Trinajstić information content (AvgIpc) is 2.50. The Hall–Kier alpha value is -1.31. The van der Waals surface area contributed by atoms with Crippen LogP contribution in [0.15, 0.2) is 35.5 Å². The van der Waals surface area contributed by atoms with Gasteiger partial charge in [-0.05, 0) is 44.9 Å². The van der Waals surface area contributed by atoms with Crippen molar-refractivity contribution in [3.8, 4) is 0 Å². The number of allylic oxidation sites excluding steroid dienone is 5. The number of ether oxygens (including phenoxy) is 1. The molecule has 0 bridgehead atoms. The van der Waals surface area contributed by atoms with Gasteiger partial charge in [0.05, 0.1) is 7.11 Å². The van der Waals surface area contributed by atoms with Crippen LogP contribution in [0.25, 0.3) is 0 Å². The van der Waals surface area contributed by atoms with Crippen LogP contribution in [-0.2, 0) is 9.53 Å². The minimum absolute atomic E-state index is 0.154. The maximum absolute atomic E-state index is 11.5. The van der Waals surface area contributed by atoms with E-state index in [0.717, 1.165) is 24.8 Å². The van der Waals surface area contributed by atoms with Crippen molar-refractivity contribution in [2.75, 3.05) is 7.11 Å². The Labute approximate surface area is 110 Å². The van der Waals surface area contributed by atoms with Crippen LogP contribution >= 0.6 is 0 Å². The molecule has 0 saturated heterocycles. The summed E-state index contributed by atoms with van der Waals surface area (Å²) in [6.45, 7) is 6.50. The molecule has 0 aromatic heterocycles. The first-order valence-electron chi connectivity index (χ1n) is 6.55. The molecule has 0 heterocycles. The van der Waals surface area contributed by atoms with Crippen molar-refractivity contribution in [2.45, 2.75) is 46.5 Å². The van der Waals surface area contributed by atoms with Gasteiger partial charge in [0.25, 0.3) is 0 Å². The molecular weight excluding hydrogens is 224 g/mol. The summed E-state index contributed by atoms with van der Waals surface area (Å²) >= 11 is 0. The van der Waals surface area contributed by atoms with E-state index in [1.54, 1.807) is 0 Å². The topological polar surface area (TPSA) is 26.3 Å². The van der Waals surface area contributed by atoms with Crippen LogP contribution in [0.4, 0.5) is 0 Å². The predicted molar refractivity (Wildman–Crippen MR) is 75.2 cm³/mol. The zero-order valence-corrected chi connectivity index (χ0v) is 12.0. The number of hydrogen-bond donors (Lipinski definition) is 0. The van der Waals surface area contributed by atoms with Crippen molar-refractivity contribution in [2.24, 2.45) is 5.41 Å². The lowest BCUT2D eigenvalue weighted by molar-refractivity contribution is -0.136. The molecule has 0 radical (unpaired) electrons. The zero-order valence-electron chi connectivity index (χ0n) is 12.0. The molecule has 100 valence electrons. The smallest absolute Gasteiger partial charge is 0.333 e. The summed E-state index contributed by atoms with van der Waals surface area (Å²) in [6, 6.07) is 0. The lowest BCUT2D eigenvalue weighted by atomic mass is 9.82. The van der Waals surface area contributed by atoms with Crippen molar-refractivity contribution in [3.63, 3.8) is 0 Å². The Morgan fingerprint density at radius 2 is 2.22 bits per heavy atom. The summed E-state index contributed by atoms with van der Waals surface area (Å²) in [5.74, 6) is -0.201. The summed E-state index contributed by atoms with van der Waals surface area (Å²) in [6.07, 6.45) is 12.4. The Balaban J connectivity index is 2.66. The van der Waals surface area contributed by atoms with Gasteiger partial charge in [-0.1, -0.05) is 36.8 Å². The molecule has 0 aliphatic heterocycles. The van der Waals surface area contributed by atoms with Crippen molar-refractivity contribution in [1.29, 1.82) is 0 Å². The highest BCUT2D eigenvalue weighted by atomic mass is 16.5. The molecule has 1 aliphatic carbocycles. The first kappa shape index (κ1) is 14.7. The Morgan fingerprint density at radius 1 is 1.50 bits per heavy atom. The van der Waals surface area contributed by atoms with E-state index in [9.17, 15) is 4.79 Å². The van der Waals surface area contributed by atoms with Gasteiger partial charge in [0.2, 0.25) is 0 Å². The second-order valence-corrected chi connectivity index (χ2v) is 5.51. The summed E-state index contributed by atoms with van der Waals surface area (Å²) in [5, 5.41) is 0. The van der Waals surface area contributed by atoms with Crippen molar-refractivity contribution < 1.29 is 9.53 Å². The highest BCUT2D eigenvalue weighted by Gasteiger charge is 2.22. The van der Waals surface area contributed by atoms with E-state index in [1.165, 1.54) is 12.7 Å². The van der Waals surface area contributed by atoms with Crippen LogP contribution in [0.2, 0.25) is 0 Å². The molecule has 0 fully saturated rings. The molecule has 2 heteroatoms. The second kappa shape index (κ2) is 6.58. The number of methoxy groups -OCH3 is 1. The summed E-state index contributed by atoms with van der Waals surface area (Å²) < 4.78 is 4.78. The Kier molecular flexibility index (Phi) is 5.39. The van der Waals surface area contributed by atoms with Gasteiger partial charge >= 0.3 is 5.97 Å². The van der Waals surface area contributed by atoms with Gasteiger partial charge in [-0.15, -0.1) is 0 Å². The predicted octanol–water partition coefficient (Wildman–Crippen LogP) is 4.19. The molecule has 0 N–H and O–H groups in total. The highest BCUT2D eigenvalue weighted by Crippen LogP contribution is 2.33. The molecule has 0 aromatic rings. The third-order valence-corrected chi connectivity index (χ3v) is 3.39. The third-order valence-electron chi connectivity index (χ3n) is 3.39. The fourth-order valence-corrected chi connectivity index (χ4v) is 2.15. The quantitative estimate of drug-likeness (QED) is 0.551. The highest BCUT2D eigenvalue weighted by molar-refractivity contribution is 5.88. The van der Waals surface area contributed by atoms with Gasteiger partial charge in [0.1, 0.15) is 0 Å². The fraction of sp³-hybridized carbons (Fsp3) is 0.562. The maximum Gasteiger partial charge on any atom is 0.333 e. The molecule has 0 amide bonds. The minimum Gasteiger partial charge on any atom is -0.466 e. The van der Waals surface area contributed by atoms with E-state index in [2.05, 4.69) is 39.0 Å². The standard InChI is InChI=1S/C16H24O2/c1-13(2)7-5-10-16(3)11-6-8-14(9-12-16)15(17)18-4/h6-7,9,11H,5,8,10,12H2,1-4H3. The zero-order chi connectivity index (χ0) is 13.6. The van der Waals surface area contributed by atoms with Crippen LogP contribution in [0, 0.1) is 5.41 Å². The summed E-state index contributed by atoms with van der Waals surface area (Å²) in [7, 11) is 1.44. The van der Waals surface area contributed by atoms with Crippen molar-refractivity contribution in [3.05, 3.63) is 35.5 Å². The number of hydrogen-bond acceptors (Lipinski definition) is 2. The molecular formula is C16H24O2. The normalized spacial score (nSPS) is 23.0. The van der Waals surface area contributed by atoms with Crippen LogP contribution in [0.5, 0.6) is 0 Å². The van der Waals surface area contributed by atoms with E-state index in [-0.39, 0.29) is 11.4 Å². The minimum atomic E-state index is -0.201. The van der Waals surface area contributed by atoms with E-state index >= 15 is 0 Å². The first-order valence-corrected chi connectivity index (χ1v) is 6.55. The van der Waals surface area contributed by atoms with Crippen LogP contribution < -0.4 is 0 Å². The maximum atomic E-state index is 11.5. The third kappa shape index (κ3) is 4.52. The summed E-state index contributed by atoms with van der Waals surface area (Å²) in [5.41, 5.74) is 2.29. The van der Waals surface area contributed by atoms with E-state index in [0.29, 0.717) is 6.42 Å². The fourth-order valence-electron chi connectivity index (χ4n) is 2.15. The molecule has 1 rings (SSSR count). The van der Waals surface area contributed by atoms with Gasteiger partial charge < -0.3 is 4.74 Å². The van der Waals surface area contributed by atoms with Gasteiger partial charge in [-0.2, -0.15) is 0 Å². The Bertz CT molecular complexity index is 384. The van der Waals surface area contributed by atoms with Crippen molar-refractivity contribution >= 4 is 5.97 Å². The number of carbonyl (C=O) groups excluding carboxylic acids is 1. The Morgan fingerprint density at radius 3 is 2.83 bits per heavy atom. The lowest BCUT2D eigenvalue weighted by Crippen LogP contribution is -2.11.